The third kappa shape index (κ3) is 4.48. The van der Waals surface area contributed by atoms with Gasteiger partial charge in [-0.25, -0.2) is 13.3 Å². The van der Waals surface area contributed by atoms with Crippen molar-refractivity contribution < 1.29 is 18.7 Å². The van der Waals surface area contributed by atoms with Gasteiger partial charge in [-0.2, -0.15) is 0 Å². The summed E-state index contributed by atoms with van der Waals surface area (Å²) in [7, 11) is 0. The highest BCUT2D eigenvalue weighted by molar-refractivity contribution is 7.81. The molecule has 0 aliphatic heterocycles. The normalized spacial score (nSPS) is 11.8. The Labute approximate surface area is 168 Å². The number of aromatic carboxylic acids is 1. The van der Waals surface area contributed by atoms with E-state index in [4.69, 9.17) is 28.3 Å². The first-order chi connectivity index (χ1) is 12.8. The molecule has 138 valence electrons. The van der Waals surface area contributed by atoms with Gasteiger partial charge in [0.25, 0.3) is 11.3 Å². The van der Waals surface area contributed by atoms with Crippen LogP contribution in [0.25, 0.3) is 11.1 Å². The summed E-state index contributed by atoms with van der Waals surface area (Å²) in [6, 6.07) is 17.8. The number of carbonyl (C=O) groups is 1. The molecule has 0 saturated carbocycles. The van der Waals surface area contributed by atoms with Gasteiger partial charge in [0.2, 0.25) is 0 Å². The van der Waals surface area contributed by atoms with Crippen LogP contribution in [-0.2, 0) is 11.3 Å². The Hall–Kier alpha value is -2.38. The molecular weight excluding hydrogens is 409 g/mol. The number of nitrogens with zero attached hydrogens (tertiary/aromatic N) is 1. The van der Waals surface area contributed by atoms with Gasteiger partial charge < -0.3 is 5.11 Å². The van der Waals surface area contributed by atoms with Crippen LogP contribution in [0.15, 0.2) is 66.7 Å². The number of anilines is 2. The van der Waals surface area contributed by atoms with Gasteiger partial charge >= 0.3 is 5.97 Å². The van der Waals surface area contributed by atoms with Crippen molar-refractivity contribution in [1.82, 2.24) is 0 Å². The molecule has 0 heterocycles. The molecule has 0 aliphatic rings. The van der Waals surface area contributed by atoms with E-state index in [9.17, 15) is 13.6 Å². The summed E-state index contributed by atoms with van der Waals surface area (Å²) in [5.41, 5.74) is 2.18. The standard InChI is InChI=1S/C19H13Cl2NO4S/c20-15-7-14(8-16(21)11-15)12-3-1-5-17(9-12)22(27(25)26)18-6-2-4-13(10-18)19(23)24/h1-11H,(H,23,24)(H,25,26). The summed E-state index contributed by atoms with van der Waals surface area (Å²) in [5.74, 6) is -1.12. The lowest BCUT2D eigenvalue weighted by Crippen LogP contribution is -2.19. The van der Waals surface area contributed by atoms with Crippen molar-refractivity contribution in [2.75, 3.05) is 4.31 Å². The second-order valence-corrected chi connectivity index (χ2v) is 7.29. The average Bonchev–Trinajstić information content (AvgIpc) is 2.61. The Morgan fingerprint density at radius 1 is 0.852 bits per heavy atom. The predicted molar refractivity (Wildman–Crippen MR) is 108 cm³/mol. The van der Waals surface area contributed by atoms with E-state index in [-0.39, 0.29) is 11.3 Å². The van der Waals surface area contributed by atoms with Crippen LogP contribution in [0, 0.1) is 0 Å². The van der Waals surface area contributed by atoms with E-state index in [1.54, 1.807) is 42.5 Å². The fraction of sp³-hybridized carbons (Fsp3) is 0. The Morgan fingerprint density at radius 2 is 1.44 bits per heavy atom. The smallest absolute Gasteiger partial charge is 0.335 e. The third-order valence-electron chi connectivity index (χ3n) is 3.76. The van der Waals surface area contributed by atoms with Crippen LogP contribution in [0.4, 0.5) is 11.4 Å². The zero-order valence-corrected chi connectivity index (χ0v) is 16.0. The molecule has 1 unspecified atom stereocenters. The van der Waals surface area contributed by atoms with E-state index in [1.807, 2.05) is 6.07 Å². The summed E-state index contributed by atoms with van der Waals surface area (Å²) < 4.78 is 22.9. The van der Waals surface area contributed by atoms with Crippen LogP contribution in [0.5, 0.6) is 0 Å². The molecule has 0 amide bonds. The van der Waals surface area contributed by atoms with Crippen LogP contribution in [0.3, 0.4) is 0 Å². The topological polar surface area (TPSA) is 77.8 Å². The highest BCUT2D eigenvalue weighted by Crippen LogP contribution is 2.33. The van der Waals surface area contributed by atoms with Crippen LogP contribution >= 0.6 is 23.2 Å². The molecule has 2 N–H and O–H groups in total. The van der Waals surface area contributed by atoms with Gasteiger partial charge in [-0.1, -0.05) is 41.4 Å². The Kier molecular flexibility index (Phi) is 5.82. The van der Waals surface area contributed by atoms with Crippen LogP contribution in [0.2, 0.25) is 10.0 Å². The van der Waals surface area contributed by atoms with Gasteiger partial charge in [0.15, 0.2) is 0 Å². The molecule has 8 heteroatoms. The van der Waals surface area contributed by atoms with Gasteiger partial charge in [0.05, 0.1) is 16.9 Å². The second-order valence-electron chi connectivity index (χ2n) is 5.59. The minimum atomic E-state index is -2.41. The summed E-state index contributed by atoms with van der Waals surface area (Å²) in [6.45, 7) is 0. The zero-order valence-electron chi connectivity index (χ0n) is 13.7. The summed E-state index contributed by atoms with van der Waals surface area (Å²) in [6.07, 6.45) is 0. The first kappa shape index (κ1) is 19.4. The molecule has 0 fully saturated rings. The average molecular weight is 422 g/mol. The van der Waals surface area contributed by atoms with Gasteiger partial charge in [0.1, 0.15) is 0 Å². The number of halogens is 2. The number of rotatable bonds is 5. The molecule has 0 radical (unpaired) electrons. The molecule has 0 bridgehead atoms. The molecule has 1 atom stereocenters. The molecule has 0 spiro atoms. The quantitative estimate of drug-likeness (QED) is 0.522. The predicted octanol–water partition coefficient (Wildman–Crippen LogP) is 5.63. The molecule has 3 rings (SSSR count). The van der Waals surface area contributed by atoms with E-state index < -0.39 is 17.2 Å². The second kappa shape index (κ2) is 8.10. The number of benzene rings is 3. The van der Waals surface area contributed by atoms with E-state index in [1.165, 1.54) is 18.2 Å². The maximum absolute atomic E-state index is 12.0. The maximum atomic E-state index is 12.0. The molecule has 3 aromatic carbocycles. The number of hydrogen-bond donors (Lipinski definition) is 2. The molecule has 5 nitrogen and oxygen atoms in total. The monoisotopic (exact) mass is 421 g/mol. The van der Waals surface area contributed by atoms with Crippen molar-refractivity contribution in [2.45, 2.75) is 0 Å². The maximum Gasteiger partial charge on any atom is 0.335 e. The highest BCUT2D eigenvalue weighted by atomic mass is 35.5. The fourth-order valence-electron chi connectivity index (χ4n) is 2.63. The first-order valence-corrected chi connectivity index (χ1v) is 9.48. The van der Waals surface area contributed by atoms with Crippen molar-refractivity contribution >= 4 is 51.8 Å². The molecule has 0 saturated heterocycles. The summed E-state index contributed by atoms with van der Waals surface area (Å²) >= 11 is 9.70. The minimum Gasteiger partial charge on any atom is -0.478 e. The lowest BCUT2D eigenvalue weighted by molar-refractivity contribution is 0.0697. The number of hydrogen-bond acceptors (Lipinski definition) is 2. The minimum absolute atomic E-state index is 0.0146. The van der Waals surface area contributed by atoms with Gasteiger partial charge in [0, 0.05) is 10.0 Å². The van der Waals surface area contributed by atoms with Gasteiger partial charge in [-0.05, 0) is 59.7 Å². The van der Waals surface area contributed by atoms with Crippen molar-refractivity contribution in [3.8, 4) is 11.1 Å². The van der Waals surface area contributed by atoms with E-state index >= 15 is 0 Å². The van der Waals surface area contributed by atoms with Crippen molar-refractivity contribution in [1.29, 1.82) is 0 Å². The van der Waals surface area contributed by atoms with Crippen LogP contribution in [-0.4, -0.2) is 19.8 Å². The highest BCUT2D eigenvalue weighted by Gasteiger charge is 2.17. The van der Waals surface area contributed by atoms with Crippen molar-refractivity contribution in [3.63, 3.8) is 0 Å². The summed E-state index contributed by atoms with van der Waals surface area (Å²) in [5, 5.41) is 10.1. The van der Waals surface area contributed by atoms with Crippen LogP contribution < -0.4 is 4.31 Å². The Balaban J connectivity index is 2.08. The molecule has 27 heavy (non-hydrogen) atoms. The van der Waals surface area contributed by atoms with E-state index in [0.29, 0.717) is 15.7 Å². The summed E-state index contributed by atoms with van der Waals surface area (Å²) in [4.78, 5) is 11.2. The van der Waals surface area contributed by atoms with Crippen molar-refractivity contribution in [2.24, 2.45) is 0 Å². The van der Waals surface area contributed by atoms with Crippen molar-refractivity contribution in [3.05, 3.63) is 82.3 Å². The molecule has 0 aromatic heterocycles. The molecule has 3 aromatic rings. The lowest BCUT2D eigenvalue weighted by Gasteiger charge is -2.21. The number of carboxylic acids is 1. The zero-order chi connectivity index (χ0) is 19.6. The molecule has 0 aliphatic carbocycles. The fourth-order valence-corrected chi connectivity index (χ4v) is 3.74. The largest absolute Gasteiger partial charge is 0.478 e. The SMILES string of the molecule is O=C(O)c1cccc(N(c2cccc(-c3cc(Cl)cc(Cl)c3)c2)S(=O)O)c1. The third-order valence-corrected chi connectivity index (χ3v) is 4.93. The Morgan fingerprint density at radius 3 is 2.04 bits per heavy atom. The van der Waals surface area contributed by atoms with Gasteiger partial charge in [-0.15, -0.1) is 0 Å². The Bertz CT molecular complexity index is 1020. The number of carboxylic acid groups (broad SMARTS) is 1. The van der Waals surface area contributed by atoms with E-state index in [2.05, 4.69) is 0 Å². The van der Waals surface area contributed by atoms with E-state index in [0.717, 1.165) is 15.4 Å². The van der Waals surface area contributed by atoms with Gasteiger partial charge in [-0.3, -0.25) is 4.55 Å². The first-order valence-electron chi connectivity index (χ1n) is 7.66. The van der Waals surface area contributed by atoms with Crippen LogP contribution in [0.1, 0.15) is 10.4 Å². The lowest BCUT2D eigenvalue weighted by atomic mass is 10.0. The molecular formula is C19H13Cl2NO4S.